The van der Waals surface area contributed by atoms with Crippen molar-refractivity contribution in [2.75, 3.05) is 6.54 Å². The molecular formula is C18H30N2. The molecule has 1 saturated carbocycles. The first kappa shape index (κ1) is 15.5. The number of unbranched alkanes of at least 4 members (excludes halogenated alkanes) is 1. The van der Waals surface area contributed by atoms with Gasteiger partial charge in [-0.25, -0.2) is 0 Å². The first-order valence-electron chi connectivity index (χ1n) is 8.09. The number of rotatable bonds is 8. The molecule has 0 saturated heterocycles. The van der Waals surface area contributed by atoms with E-state index < -0.39 is 0 Å². The van der Waals surface area contributed by atoms with Gasteiger partial charge in [0, 0.05) is 18.1 Å². The van der Waals surface area contributed by atoms with Crippen LogP contribution in [0.25, 0.3) is 0 Å². The van der Waals surface area contributed by atoms with Gasteiger partial charge in [0.2, 0.25) is 0 Å². The van der Waals surface area contributed by atoms with Gasteiger partial charge in [0.05, 0.1) is 0 Å². The zero-order chi connectivity index (χ0) is 14.4. The minimum Gasteiger partial charge on any atom is -0.314 e. The smallest absolute Gasteiger partial charge is 0.0210 e. The van der Waals surface area contributed by atoms with Crippen molar-refractivity contribution in [2.24, 2.45) is 0 Å². The molecule has 1 aliphatic carbocycles. The van der Waals surface area contributed by atoms with E-state index in [9.17, 15) is 0 Å². The van der Waals surface area contributed by atoms with E-state index in [1.54, 1.807) is 0 Å². The van der Waals surface area contributed by atoms with E-state index in [0.717, 1.165) is 12.6 Å². The summed E-state index contributed by atoms with van der Waals surface area (Å²) < 4.78 is 0. The highest BCUT2D eigenvalue weighted by Crippen LogP contribution is 2.18. The molecule has 0 heterocycles. The fourth-order valence-corrected chi connectivity index (χ4v) is 2.31. The molecule has 2 rings (SSSR count). The summed E-state index contributed by atoms with van der Waals surface area (Å²) in [5.74, 6) is 0. The van der Waals surface area contributed by atoms with Gasteiger partial charge in [0.1, 0.15) is 0 Å². The van der Waals surface area contributed by atoms with Gasteiger partial charge in [0.15, 0.2) is 0 Å². The van der Waals surface area contributed by atoms with Gasteiger partial charge in [-0.15, -0.1) is 0 Å². The average molecular weight is 274 g/mol. The predicted molar refractivity (Wildman–Crippen MR) is 87.0 cm³/mol. The molecule has 2 nitrogen and oxygen atoms in total. The summed E-state index contributed by atoms with van der Waals surface area (Å²) in [4.78, 5) is 0. The maximum Gasteiger partial charge on any atom is 0.0210 e. The molecular weight excluding hydrogens is 244 g/mol. The van der Waals surface area contributed by atoms with Crippen molar-refractivity contribution in [1.82, 2.24) is 10.6 Å². The number of hydrogen-bond acceptors (Lipinski definition) is 2. The van der Waals surface area contributed by atoms with Gasteiger partial charge in [-0.3, -0.25) is 0 Å². The molecule has 112 valence electrons. The predicted octanol–water partition coefficient (Wildman–Crippen LogP) is 3.65. The Morgan fingerprint density at radius 1 is 1.10 bits per heavy atom. The molecule has 0 spiro atoms. The first-order valence-corrected chi connectivity index (χ1v) is 8.09. The van der Waals surface area contributed by atoms with E-state index in [1.807, 2.05) is 0 Å². The van der Waals surface area contributed by atoms with Crippen LogP contribution in [0.1, 0.15) is 57.6 Å². The average Bonchev–Trinajstić information content (AvgIpc) is 3.20. The van der Waals surface area contributed by atoms with Gasteiger partial charge in [-0.1, -0.05) is 24.3 Å². The summed E-state index contributed by atoms with van der Waals surface area (Å²) in [6, 6.07) is 9.87. The molecule has 0 bridgehead atoms. The van der Waals surface area contributed by atoms with E-state index in [2.05, 4.69) is 55.7 Å². The molecule has 1 fully saturated rings. The SMILES string of the molecule is CC(C)(C)NCc1cccc(CCCCNC2CC2)c1. The molecule has 0 radical (unpaired) electrons. The van der Waals surface area contributed by atoms with Gasteiger partial charge < -0.3 is 10.6 Å². The monoisotopic (exact) mass is 274 g/mol. The third kappa shape index (κ3) is 6.53. The maximum absolute atomic E-state index is 3.58. The highest BCUT2D eigenvalue weighted by atomic mass is 14.9. The summed E-state index contributed by atoms with van der Waals surface area (Å²) in [5.41, 5.74) is 3.06. The van der Waals surface area contributed by atoms with Crippen LogP contribution < -0.4 is 10.6 Å². The van der Waals surface area contributed by atoms with E-state index in [-0.39, 0.29) is 5.54 Å². The van der Waals surface area contributed by atoms with Gasteiger partial charge in [0.25, 0.3) is 0 Å². The zero-order valence-electron chi connectivity index (χ0n) is 13.3. The molecule has 2 heteroatoms. The van der Waals surface area contributed by atoms with Crippen molar-refractivity contribution >= 4 is 0 Å². The normalized spacial score (nSPS) is 15.6. The van der Waals surface area contributed by atoms with Crippen molar-refractivity contribution in [3.05, 3.63) is 35.4 Å². The van der Waals surface area contributed by atoms with Crippen molar-refractivity contribution in [1.29, 1.82) is 0 Å². The quantitative estimate of drug-likeness (QED) is 0.707. The summed E-state index contributed by atoms with van der Waals surface area (Å²) >= 11 is 0. The van der Waals surface area contributed by atoms with Crippen LogP contribution in [0.3, 0.4) is 0 Å². The fourth-order valence-electron chi connectivity index (χ4n) is 2.31. The molecule has 0 unspecified atom stereocenters. The van der Waals surface area contributed by atoms with Crippen LogP contribution in [0.4, 0.5) is 0 Å². The molecule has 1 aliphatic rings. The first-order chi connectivity index (χ1) is 9.53. The molecule has 0 amide bonds. The number of hydrogen-bond donors (Lipinski definition) is 2. The lowest BCUT2D eigenvalue weighted by Crippen LogP contribution is -2.35. The highest BCUT2D eigenvalue weighted by Gasteiger charge is 2.19. The Balaban J connectivity index is 1.68. The summed E-state index contributed by atoms with van der Waals surface area (Å²) in [6.07, 6.45) is 6.57. The lowest BCUT2D eigenvalue weighted by Gasteiger charge is -2.20. The second-order valence-corrected chi connectivity index (χ2v) is 7.11. The molecule has 0 aromatic heterocycles. The maximum atomic E-state index is 3.58. The Bertz CT molecular complexity index is 402. The Morgan fingerprint density at radius 3 is 2.55 bits per heavy atom. The van der Waals surface area contributed by atoms with Gasteiger partial charge in [-0.05, 0) is 70.5 Å². The van der Waals surface area contributed by atoms with Gasteiger partial charge in [-0.2, -0.15) is 0 Å². The molecule has 1 aromatic rings. The zero-order valence-corrected chi connectivity index (χ0v) is 13.3. The van der Waals surface area contributed by atoms with Crippen molar-refractivity contribution in [3.63, 3.8) is 0 Å². The second kappa shape index (κ2) is 7.24. The van der Waals surface area contributed by atoms with Crippen LogP contribution in [0.2, 0.25) is 0 Å². The molecule has 0 atom stereocenters. The summed E-state index contributed by atoms with van der Waals surface area (Å²) in [7, 11) is 0. The Hall–Kier alpha value is -0.860. The second-order valence-electron chi connectivity index (χ2n) is 7.11. The topological polar surface area (TPSA) is 24.1 Å². The van der Waals surface area contributed by atoms with Crippen LogP contribution in [0.15, 0.2) is 24.3 Å². The number of benzene rings is 1. The molecule has 20 heavy (non-hydrogen) atoms. The van der Waals surface area contributed by atoms with E-state index >= 15 is 0 Å². The van der Waals surface area contributed by atoms with Crippen LogP contribution in [0.5, 0.6) is 0 Å². The standard InChI is InChI=1S/C18H30N2/c1-18(2,3)20-14-16-9-6-8-15(13-16)7-4-5-12-19-17-10-11-17/h6,8-9,13,17,19-20H,4-5,7,10-12,14H2,1-3H3. The van der Waals surface area contributed by atoms with Crippen LogP contribution in [-0.4, -0.2) is 18.1 Å². The number of nitrogens with one attached hydrogen (secondary N) is 2. The van der Waals surface area contributed by atoms with Crippen molar-refractivity contribution < 1.29 is 0 Å². The molecule has 1 aromatic carbocycles. The van der Waals surface area contributed by atoms with Crippen LogP contribution >= 0.6 is 0 Å². The van der Waals surface area contributed by atoms with E-state index in [1.165, 1.54) is 49.8 Å². The fraction of sp³-hybridized carbons (Fsp3) is 0.667. The van der Waals surface area contributed by atoms with E-state index in [4.69, 9.17) is 0 Å². The molecule has 0 aliphatic heterocycles. The minimum absolute atomic E-state index is 0.185. The number of aryl methyl sites for hydroxylation is 1. The largest absolute Gasteiger partial charge is 0.314 e. The van der Waals surface area contributed by atoms with Crippen LogP contribution in [-0.2, 0) is 13.0 Å². The van der Waals surface area contributed by atoms with E-state index in [0.29, 0.717) is 0 Å². The minimum atomic E-state index is 0.185. The lowest BCUT2D eigenvalue weighted by atomic mass is 10.0. The van der Waals surface area contributed by atoms with Gasteiger partial charge >= 0.3 is 0 Å². The third-order valence-electron chi connectivity index (χ3n) is 3.72. The van der Waals surface area contributed by atoms with Crippen molar-refractivity contribution in [2.45, 2.75) is 71.0 Å². The summed E-state index contributed by atoms with van der Waals surface area (Å²) in [6.45, 7) is 8.79. The Labute approximate surface area is 124 Å². The Morgan fingerprint density at radius 2 is 1.85 bits per heavy atom. The third-order valence-corrected chi connectivity index (χ3v) is 3.72. The lowest BCUT2D eigenvalue weighted by molar-refractivity contribution is 0.424. The van der Waals surface area contributed by atoms with Crippen molar-refractivity contribution in [3.8, 4) is 0 Å². The van der Waals surface area contributed by atoms with Crippen LogP contribution in [0, 0.1) is 0 Å². The highest BCUT2D eigenvalue weighted by molar-refractivity contribution is 5.23. The molecule has 2 N–H and O–H groups in total. The summed E-state index contributed by atoms with van der Waals surface area (Å²) in [5, 5.41) is 7.13. The Kier molecular flexibility index (Phi) is 5.62.